The summed E-state index contributed by atoms with van der Waals surface area (Å²) in [7, 11) is 1.73. The highest BCUT2D eigenvalue weighted by molar-refractivity contribution is 7.12. The third kappa shape index (κ3) is 3.78. The van der Waals surface area contributed by atoms with Gasteiger partial charge in [-0.25, -0.2) is 0 Å². The molecule has 0 amide bonds. The van der Waals surface area contributed by atoms with Crippen molar-refractivity contribution < 1.29 is 4.74 Å². The smallest absolute Gasteiger partial charge is 0.0587 e. The molecule has 0 bridgehead atoms. The second-order valence-corrected chi connectivity index (χ2v) is 4.89. The van der Waals surface area contributed by atoms with Crippen molar-refractivity contribution in [2.75, 3.05) is 26.8 Å². The first-order chi connectivity index (χ1) is 6.74. The molecule has 14 heavy (non-hydrogen) atoms. The van der Waals surface area contributed by atoms with Crippen molar-refractivity contribution in [3.8, 4) is 0 Å². The van der Waals surface area contributed by atoms with Crippen LogP contribution in [0.25, 0.3) is 0 Å². The second-order valence-electron chi connectivity index (χ2n) is 3.43. The van der Waals surface area contributed by atoms with Crippen LogP contribution in [0.15, 0.2) is 6.07 Å². The molecule has 0 unspecified atom stereocenters. The molecule has 80 valence electrons. The zero-order valence-corrected chi connectivity index (χ0v) is 10.0. The van der Waals surface area contributed by atoms with Crippen molar-refractivity contribution >= 4 is 11.3 Å². The molecule has 0 saturated heterocycles. The van der Waals surface area contributed by atoms with E-state index in [1.165, 1.54) is 15.3 Å². The van der Waals surface area contributed by atoms with Crippen molar-refractivity contribution in [1.29, 1.82) is 0 Å². The standard InChI is InChI=1S/C11H19NOS/c1-9-8-11(10(2)14-9)4-5-12-6-7-13-3/h8,12H,4-7H2,1-3H3. The summed E-state index contributed by atoms with van der Waals surface area (Å²) in [5, 5.41) is 3.35. The van der Waals surface area contributed by atoms with Crippen molar-refractivity contribution in [1.82, 2.24) is 5.32 Å². The maximum Gasteiger partial charge on any atom is 0.0587 e. The lowest BCUT2D eigenvalue weighted by Gasteiger charge is -2.03. The van der Waals surface area contributed by atoms with Crippen molar-refractivity contribution in [3.63, 3.8) is 0 Å². The number of nitrogens with one attached hydrogen (secondary N) is 1. The lowest BCUT2D eigenvalue weighted by atomic mass is 10.2. The van der Waals surface area contributed by atoms with Gasteiger partial charge < -0.3 is 10.1 Å². The minimum absolute atomic E-state index is 0.793. The van der Waals surface area contributed by atoms with E-state index in [0.717, 1.165) is 26.1 Å². The SMILES string of the molecule is COCCNCCc1cc(C)sc1C. The first-order valence-electron chi connectivity index (χ1n) is 4.99. The van der Waals surface area contributed by atoms with Crippen LogP contribution in [0.2, 0.25) is 0 Å². The summed E-state index contributed by atoms with van der Waals surface area (Å²) in [6.07, 6.45) is 1.12. The predicted molar refractivity (Wildman–Crippen MR) is 62.2 cm³/mol. The van der Waals surface area contributed by atoms with E-state index in [9.17, 15) is 0 Å². The van der Waals surface area contributed by atoms with Gasteiger partial charge in [0.1, 0.15) is 0 Å². The Morgan fingerprint density at radius 2 is 2.14 bits per heavy atom. The molecule has 0 fully saturated rings. The van der Waals surface area contributed by atoms with E-state index in [1.54, 1.807) is 7.11 Å². The number of rotatable bonds is 6. The van der Waals surface area contributed by atoms with Gasteiger partial charge in [-0.3, -0.25) is 0 Å². The van der Waals surface area contributed by atoms with E-state index < -0.39 is 0 Å². The Bertz CT molecular complexity index is 270. The zero-order valence-electron chi connectivity index (χ0n) is 9.22. The van der Waals surface area contributed by atoms with Gasteiger partial charge in [0.2, 0.25) is 0 Å². The van der Waals surface area contributed by atoms with Gasteiger partial charge in [-0.1, -0.05) is 0 Å². The Labute approximate surface area is 90.3 Å². The van der Waals surface area contributed by atoms with E-state index in [-0.39, 0.29) is 0 Å². The van der Waals surface area contributed by atoms with Crippen LogP contribution >= 0.6 is 11.3 Å². The molecule has 2 nitrogen and oxygen atoms in total. The highest BCUT2D eigenvalue weighted by atomic mass is 32.1. The second kappa shape index (κ2) is 6.17. The lowest BCUT2D eigenvalue weighted by molar-refractivity contribution is 0.199. The molecular formula is C11H19NOS. The van der Waals surface area contributed by atoms with Gasteiger partial charge in [-0.15, -0.1) is 11.3 Å². The van der Waals surface area contributed by atoms with E-state index >= 15 is 0 Å². The molecule has 0 spiro atoms. The van der Waals surface area contributed by atoms with Crippen molar-refractivity contribution in [2.45, 2.75) is 20.3 Å². The van der Waals surface area contributed by atoms with Gasteiger partial charge in [0.05, 0.1) is 6.61 Å². The molecule has 1 rings (SSSR count). The van der Waals surface area contributed by atoms with Crippen LogP contribution in [0, 0.1) is 13.8 Å². The van der Waals surface area contributed by atoms with Crippen LogP contribution in [0.5, 0.6) is 0 Å². The van der Waals surface area contributed by atoms with E-state index in [1.807, 2.05) is 11.3 Å². The number of ether oxygens (including phenoxy) is 1. The maximum absolute atomic E-state index is 4.96. The first-order valence-corrected chi connectivity index (χ1v) is 5.81. The lowest BCUT2D eigenvalue weighted by Crippen LogP contribution is -2.21. The molecule has 3 heteroatoms. The van der Waals surface area contributed by atoms with Crippen molar-refractivity contribution in [3.05, 3.63) is 21.4 Å². The molecule has 1 aromatic heterocycles. The van der Waals surface area contributed by atoms with Crippen LogP contribution in [0.4, 0.5) is 0 Å². The van der Waals surface area contributed by atoms with Crippen LogP contribution in [0.1, 0.15) is 15.3 Å². The molecule has 0 radical (unpaired) electrons. The minimum Gasteiger partial charge on any atom is -0.383 e. The minimum atomic E-state index is 0.793. The van der Waals surface area contributed by atoms with Gasteiger partial charge in [0.15, 0.2) is 0 Å². The number of thiophene rings is 1. The summed E-state index contributed by atoms with van der Waals surface area (Å²) >= 11 is 1.89. The van der Waals surface area contributed by atoms with Gasteiger partial charge in [0.25, 0.3) is 0 Å². The third-order valence-corrected chi connectivity index (χ3v) is 3.21. The Morgan fingerprint density at radius 1 is 1.36 bits per heavy atom. The molecule has 0 aromatic carbocycles. The molecule has 1 N–H and O–H groups in total. The Hall–Kier alpha value is -0.380. The van der Waals surface area contributed by atoms with Crippen LogP contribution in [-0.2, 0) is 11.2 Å². The summed E-state index contributed by atoms with van der Waals surface area (Å²) in [5.41, 5.74) is 1.48. The van der Waals surface area contributed by atoms with E-state index in [2.05, 4.69) is 25.2 Å². The molecule has 0 atom stereocenters. The Balaban J connectivity index is 2.21. The van der Waals surface area contributed by atoms with Gasteiger partial charge in [0, 0.05) is 23.4 Å². The maximum atomic E-state index is 4.96. The summed E-state index contributed by atoms with van der Waals surface area (Å²) in [5.74, 6) is 0. The number of hydrogen-bond donors (Lipinski definition) is 1. The molecular weight excluding hydrogens is 194 g/mol. The normalized spacial score (nSPS) is 10.8. The van der Waals surface area contributed by atoms with Crippen LogP contribution < -0.4 is 5.32 Å². The summed E-state index contributed by atoms with van der Waals surface area (Å²) in [6, 6.07) is 2.29. The molecule has 0 aliphatic carbocycles. The highest BCUT2D eigenvalue weighted by Crippen LogP contribution is 2.20. The monoisotopic (exact) mass is 213 g/mol. The molecule has 0 aliphatic heterocycles. The summed E-state index contributed by atoms with van der Waals surface area (Å²) in [6.45, 7) is 7.14. The van der Waals surface area contributed by atoms with Gasteiger partial charge >= 0.3 is 0 Å². The largest absolute Gasteiger partial charge is 0.383 e. The number of aryl methyl sites for hydroxylation is 2. The fourth-order valence-corrected chi connectivity index (χ4v) is 2.43. The average molecular weight is 213 g/mol. The Morgan fingerprint density at radius 3 is 2.71 bits per heavy atom. The average Bonchev–Trinajstić information content (AvgIpc) is 2.45. The Kier molecular flexibility index (Phi) is 5.15. The molecule has 1 aromatic rings. The van der Waals surface area contributed by atoms with Crippen LogP contribution in [-0.4, -0.2) is 26.8 Å². The third-order valence-electron chi connectivity index (χ3n) is 2.20. The quantitative estimate of drug-likeness (QED) is 0.731. The highest BCUT2D eigenvalue weighted by Gasteiger charge is 2.01. The van der Waals surface area contributed by atoms with Crippen molar-refractivity contribution in [2.24, 2.45) is 0 Å². The summed E-state index contributed by atoms with van der Waals surface area (Å²) in [4.78, 5) is 2.87. The fourth-order valence-electron chi connectivity index (χ4n) is 1.45. The first kappa shape index (κ1) is 11.7. The molecule has 0 saturated carbocycles. The van der Waals surface area contributed by atoms with E-state index in [4.69, 9.17) is 4.74 Å². The zero-order chi connectivity index (χ0) is 10.4. The van der Waals surface area contributed by atoms with Crippen LogP contribution in [0.3, 0.4) is 0 Å². The fraction of sp³-hybridized carbons (Fsp3) is 0.636. The molecule has 1 heterocycles. The number of methoxy groups -OCH3 is 1. The summed E-state index contributed by atoms with van der Waals surface area (Å²) < 4.78 is 4.96. The molecule has 0 aliphatic rings. The van der Waals surface area contributed by atoms with E-state index in [0.29, 0.717) is 0 Å². The van der Waals surface area contributed by atoms with Gasteiger partial charge in [-0.2, -0.15) is 0 Å². The topological polar surface area (TPSA) is 21.3 Å². The van der Waals surface area contributed by atoms with Gasteiger partial charge in [-0.05, 0) is 38.4 Å². The predicted octanol–water partition coefficient (Wildman–Crippen LogP) is 2.14. The number of hydrogen-bond acceptors (Lipinski definition) is 3.